The van der Waals surface area contributed by atoms with Crippen molar-refractivity contribution in [3.8, 4) is 0 Å². The Labute approximate surface area is 419 Å². The lowest BCUT2D eigenvalue weighted by Gasteiger charge is -2.21. The number of rotatable bonds is 56. The minimum absolute atomic E-state index is 0.00576. The molecule has 3 atom stereocenters. The van der Waals surface area contributed by atoms with Gasteiger partial charge in [-0.3, -0.25) is 4.79 Å². The van der Waals surface area contributed by atoms with Gasteiger partial charge in [-0.25, -0.2) is 0 Å². The molecule has 0 aromatic rings. The Morgan fingerprint density at radius 1 is 0.373 bits per heavy atom. The molecule has 5 heteroatoms. The van der Waals surface area contributed by atoms with Crippen LogP contribution in [0.25, 0.3) is 0 Å². The van der Waals surface area contributed by atoms with Crippen LogP contribution in [0.4, 0.5) is 0 Å². The van der Waals surface area contributed by atoms with Gasteiger partial charge in [-0.05, 0) is 44.9 Å². The summed E-state index contributed by atoms with van der Waals surface area (Å²) in [7, 11) is 0. The fraction of sp³-hybridized carbons (Fsp3) is 0.887. The second kappa shape index (κ2) is 57.2. The highest BCUT2D eigenvalue weighted by molar-refractivity contribution is 5.76. The summed E-state index contributed by atoms with van der Waals surface area (Å²) in [6.45, 7) is 4.23. The summed E-state index contributed by atoms with van der Waals surface area (Å²) in [6.07, 6.45) is 75.1. The van der Waals surface area contributed by atoms with Crippen molar-refractivity contribution in [3.63, 3.8) is 0 Å². The van der Waals surface area contributed by atoms with Crippen LogP contribution in [0.3, 0.4) is 0 Å². The number of carbonyl (C=O) groups excluding carboxylic acids is 1. The lowest BCUT2D eigenvalue weighted by Crippen LogP contribution is -2.45. The van der Waals surface area contributed by atoms with E-state index in [2.05, 4.69) is 43.5 Å². The van der Waals surface area contributed by atoms with Gasteiger partial charge in [-0.15, -0.1) is 0 Å². The van der Waals surface area contributed by atoms with E-state index in [0.717, 1.165) is 38.5 Å². The zero-order valence-corrected chi connectivity index (χ0v) is 45.3. The van der Waals surface area contributed by atoms with Crippen LogP contribution < -0.4 is 5.32 Å². The molecular weight excluding hydrogens is 823 g/mol. The summed E-state index contributed by atoms with van der Waals surface area (Å²) in [5.74, 6) is -0.324. The molecule has 0 spiro atoms. The lowest BCUT2D eigenvalue weighted by molar-refractivity contribution is -0.124. The maximum absolute atomic E-state index is 12.5. The van der Waals surface area contributed by atoms with Gasteiger partial charge in [0.15, 0.2) is 0 Å². The van der Waals surface area contributed by atoms with Crippen molar-refractivity contribution >= 4 is 5.91 Å². The summed E-state index contributed by atoms with van der Waals surface area (Å²) >= 11 is 0. The Balaban J connectivity index is 3.52. The van der Waals surface area contributed by atoms with Crippen molar-refractivity contribution in [2.75, 3.05) is 6.61 Å². The zero-order valence-electron chi connectivity index (χ0n) is 45.3. The molecule has 0 radical (unpaired) electrons. The zero-order chi connectivity index (χ0) is 48.6. The number of amides is 1. The third-order valence-corrected chi connectivity index (χ3v) is 14.2. The van der Waals surface area contributed by atoms with E-state index in [4.69, 9.17) is 0 Å². The molecule has 0 bridgehead atoms. The van der Waals surface area contributed by atoms with Gasteiger partial charge < -0.3 is 20.6 Å². The molecule has 0 aromatic carbocycles. The molecule has 0 saturated heterocycles. The summed E-state index contributed by atoms with van der Waals surface area (Å²) in [4.78, 5) is 12.5. The van der Waals surface area contributed by atoms with E-state index < -0.39 is 18.2 Å². The first kappa shape index (κ1) is 65.6. The maximum atomic E-state index is 12.5. The van der Waals surface area contributed by atoms with Crippen molar-refractivity contribution in [1.29, 1.82) is 0 Å². The second-order valence-corrected chi connectivity index (χ2v) is 21.0. The number of aliphatic hydroxyl groups is 3. The Morgan fingerprint density at radius 3 is 0.955 bits per heavy atom. The monoisotopic (exact) mass is 942 g/mol. The lowest BCUT2D eigenvalue weighted by atomic mass is 10.0. The smallest absolute Gasteiger partial charge is 0.222 e. The third-order valence-electron chi connectivity index (χ3n) is 14.2. The highest BCUT2D eigenvalue weighted by Crippen LogP contribution is 2.18. The van der Waals surface area contributed by atoms with Gasteiger partial charge >= 0.3 is 0 Å². The van der Waals surface area contributed by atoms with Crippen LogP contribution >= 0.6 is 0 Å². The van der Waals surface area contributed by atoms with Crippen LogP contribution in [-0.4, -0.2) is 46.1 Å². The number of carbonyl (C=O) groups is 1. The van der Waals surface area contributed by atoms with Gasteiger partial charge in [0.25, 0.3) is 0 Å². The maximum Gasteiger partial charge on any atom is 0.222 e. The molecule has 0 heterocycles. The highest BCUT2D eigenvalue weighted by atomic mass is 16.3. The van der Waals surface area contributed by atoms with Gasteiger partial charge in [-0.2, -0.15) is 0 Å². The number of unbranched alkanes of at least 4 members (excludes halogenated alkanes) is 43. The molecule has 3 unspecified atom stereocenters. The molecule has 0 aliphatic rings. The van der Waals surface area contributed by atoms with Gasteiger partial charge in [-0.1, -0.05) is 314 Å². The molecule has 1 amide bonds. The molecule has 5 nitrogen and oxygen atoms in total. The fourth-order valence-electron chi connectivity index (χ4n) is 9.55. The predicted molar refractivity (Wildman–Crippen MR) is 296 cm³/mol. The van der Waals surface area contributed by atoms with E-state index in [-0.39, 0.29) is 18.9 Å². The van der Waals surface area contributed by atoms with Crippen molar-refractivity contribution in [1.82, 2.24) is 5.32 Å². The molecule has 4 N–H and O–H groups in total. The van der Waals surface area contributed by atoms with Crippen molar-refractivity contribution in [2.45, 2.75) is 347 Å². The number of hydrogen-bond donors (Lipinski definition) is 4. The first-order chi connectivity index (χ1) is 33.0. The normalized spacial score (nSPS) is 13.4. The molecule has 0 aliphatic carbocycles. The first-order valence-corrected chi connectivity index (χ1v) is 30.3. The molecule has 0 aliphatic heterocycles. The summed E-state index contributed by atoms with van der Waals surface area (Å²) in [5, 5.41) is 33.4. The minimum Gasteiger partial charge on any atom is -0.394 e. The topological polar surface area (TPSA) is 89.8 Å². The van der Waals surface area contributed by atoms with Crippen LogP contribution in [0, 0.1) is 0 Å². The van der Waals surface area contributed by atoms with Gasteiger partial charge in [0.2, 0.25) is 5.91 Å². The largest absolute Gasteiger partial charge is 0.394 e. The molecule has 0 saturated carbocycles. The van der Waals surface area contributed by atoms with Gasteiger partial charge in [0.1, 0.15) is 0 Å². The number of nitrogens with one attached hydrogen (secondary N) is 1. The molecule has 67 heavy (non-hydrogen) atoms. The van der Waals surface area contributed by atoms with E-state index in [1.807, 2.05) is 6.08 Å². The average Bonchev–Trinajstić information content (AvgIpc) is 3.32. The van der Waals surface area contributed by atoms with Crippen LogP contribution in [0.2, 0.25) is 0 Å². The number of allylic oxidation sites excluding steroid dienone is 5. The first-order valence-electron chi connectivity index (χ1n) is 30.3. The number of aliphatic hydroxyl groups excluding tert-OH is 3. The highest BCUT2D eigenvalue weighted by Gasteiger charge is 2.20. The Morgan fingerprint density at radius 2 is 0.642 bits per heavy atom. The van der Waals surface area contributed by atoms with E-state index >= 15 is 0 Å². The van der Waals surface area contributed by atoms with E-state index in [1.54, 1.807) is 6.08 Å². The Bertz CT molecular complexity index is 1040. The van der Waals surface area contributed by atoms with Crippen LogP contribution in [-0.2, 0) is 4.79 Å². The van der Waals surface area contributed by atoms with E-state index in [1.165, 1.54) is 263 Å². The Hall–Kier alpha value is -1.43. The summed E-state index contributed by atoms with van der Waals surface area (Å²) in [6, 6.07) is -0.767. The third kappa shape index (κ3) is 53.8. The van der Waals surface area contributed by atoms with Crippen molar-refractivity contribution < 1.29 is 20.1 Å². The van der Waals surface area contributed by atoms with Crippen LogP contribution in [0.5, 0.6) is 0 Å². The fourth-order valence-corrected chi connectivity index (χ4v) is 9.55. The van der Waals surface area contributed by atoms with Crippen LogP contribution in [0.15, 0.2) is 36.5 Å². The number of hydrogen-bond acceptors (Lipinski definition) is 4. The van der Waals surface area contributed by atoms with Crippen molar-refractivity contribution in [3.05, 3.63) is 36.5 Å². The molecular formula is C62H119NO4. The van der Waals surface area contributed by atoms with Gasteiger partial charge in [0, 0.05) is 0 Å². The Kier molecular flexibility index (Phi) is 55.9. The molecule has 0 rings (SSSR count). The second-order valence-electron chi connectivity index (χ2n) is 21.0. The summed E-state index contributed by atoms with van der Waals surface area (Å²) < 4.78 is 0. The van der Waals surface area contributed by atoms with E-state index in [0.29, 0.717) is 6.42 Å². The van der Waals surface area contributed by atoms with E-state index in [9.17, 15) is 20.1 Å². The SMILES string of the molecule is CCCCCCCCCCC/C=C/CC/C=C/CC/C=C/C(O)C(CO)NC(=O)CC(O)CCCCCCCCCCCCCCCCCCCCCCCCCCCCCCCCCCC. The molecule has 396 valence electrons. The average molecular weight is 943 g/mol. The summed E-state index contributed by atoms with van der Waals surface area (Å²) in [5.41, 5.74) is 0. The molecule has 0 fully saturated rings. The molecule has 0 aromatic heterocycles. The standard InChI is InChI=1S/C62H119NO4/c1-3-5-7-9-11-13-15-17-19-21-23-24-25-26-27-28-29-30-31-32-33-34-35-36-38-39-41-43-45-47-49-51-53-55-59(65)57-62(67)63-60(58-64)61(66)56-54-52-50-48-46-44-42-40-37-22-20-18-16-14-12-10-8-6-4-2/h37,40,46,48,54,56,59-61,64-66H,3-36,38-39,41-45,47,49-53,55,57-58H2,1-2H3,(H,63,67)/b40-37+,48-46+,56-54+. The van der Waals surface area contributed by atoms with Crippen molar-refractivity contribution in [2.24, 2.45) is 0 Å². The predicted octanol–water partition coefficient (Wildman–Crippen LogP) is 19.0. The quantitative estimate of drug-likeness (QED) is 0.0361. The van der Waals surface area contributed by atoms with Gasteiger partial charge in [0.05, 0.1) is 31.3 Å². The minimum atomic E-state index is -0.959. The van der Waals surface area contributed by atoms with Crippen LogP contribution in [0.1, 0.15) is 328 Å².